The van der Waals surface area contributed by atoms with E-state index in [4.69, 9.17) is 9.97 Å². The third-order valence-corrected chi connectivity index (χ3v) is 5.15. The molecule has 1 aliphatic heterocycles. The average molecular weight is 335 g/mol. The largest absolute Gasteiger partial charge is 0.338 e. The van der Waals surface area contributed by atoms with Crippen molar-refractivity contribution < 1.29 is 0 Å². The van der Waals surface area contributed by atoms with Gasteiger partial charge in [0.05, 0.1) is 17.3 Å². The summed E-state index contributed by atoms with van der Waals surface area (Å²) < 4.78 is 0. The number of hydrogen-bond donors (Lipinski definition) is 1. The fraction of sp³-hybridized carbons (Fsp3) is 0.278. The minimum Gasteiger partial charge on any atom is -0.338 e. The number of nitriles is 1. The highest BCUT2D eigenvalue weighted by Crippen LogP contribution is 2.34. The van der Waals surface area contributed by atoms with Gasteiger partial charge in [0, 0.05) is 42.0 Å². The van der Waals surface area contributed by atoms with Crippen molar-refractivity contribution in [2.45, 2.75) is 6.92 Å². The Morgan fingerprint density at radius 2 is 2.00 bits per heavy atom. The summed E-state index contributed by atoms with van der Waals surface area (Å²) in [5, 5.41) is 13.8. The number of thiophene rings is 1. The number of nitrogens with zero attached hydrogens (tertiary/aromatic N) is 4. The highest BCUT2D eigenvalue weighted by atomic mass is 32.1. The van der Waals surface area contributed by atoms with Crippen LogP contribution in [-0.4, -0.2) is 36.1 Å². The lowest BCUT2D eigenvalue weighted by atomic mass is 10.0. The van der Waals surface area contributed by atoms with Crippen molar-refractivity contribution in [3.8, 4) is 17.3 Å². The molecule has 4 rings (SSSR count). The number of aryl methyl sites for hydroxylation is 1. The first-order valence-electron chi connectivity index (χ1n) is 7.99. The van der Waals surface area contributed by atoms with E-state index in [1.54, 1.807) is 11.3 Å². The zero-order valence-corrected chi connectivity index (χ0v) is 14.2. The van der Waals surface area contributed by atoms with Crippen LogP contribution >= 0.6 is 11.3 Å². The van der Waals surface area contributed by atoms with Gasteiger partial charge in [-0.1, -0.05) is 18.2 Å². The summed E-state index contributed by atoms with van der Waals surface area (Å²) in [6.45, 7) is 5.76. The Labute approximate surface area is 144 Å². The van der Waals surface area contributed by atoms with Gasteiger partial charge in [-0.25, -0.2) is 9.97 Å². The fourth-order valence-corrected chi connectivity index (χ4v) is 3.90. The molecule has 1 fully saturated rings. The van der Waals surface area contributed by atoms with Crippen molar-refractivity contribution in [2.24, 2.45) is 0 Å². The number of piperazine rings is 1. The highest BCUT2D eigenvalue weighted by Gasteiger charge is 2.19. The van der Waals surface area contributed by atoms with Crippen LogP contribution in [0.1, 0.15) is 10.4 Å². The van der Waals surface area contributed by atoms with Gasteiger partial charge in [-0.3, -0.25) is 0 Å². The lowest BCUT2D eigenvalue weighted by Crippen LogP contribution is -2.44. The van der Waals surface area contributed by atoms with Crippen LogP contribution in [0.5, 0.6) is 0 Å². The van der Waals surface area contributed by atoms with Crippen molar-refractivity contribution in [2.75, 3.05) is 31.1 Å². The molecule has 0 aliphatic carbocycles. The predicted octanol–water partition coefficient (Wildman–Crippen LogP) is 2.95. The number of nitrogens with one attached hydrogen (secondary N) is 1. The molecule has 0 bridgehead atoms. The van der Waals surface area contributed by atoms with Gasteiger partial charge in [0.25, 0.3) is 0 Å². The molecule has 0 amide bonds. The van der Waals surface area contributed by atoms with Gasteiger partial charge in [-0.2, -0.15) is 5.26 Å². The standard InChI is InChI=1S/C18H17N5S/c1-12-10-15-16(14-5-3-2-4-13(14)11-19)21-18(22-17(15)24-12)23-8-6-20-7-9-23/h2-5,10,20H,6-9H2,1H3. The van der Waals surface area contributed by atoms with Crippen LogP contribution in [-0.2, 0) is 0 Å². The van der Waals surface area contributed by atoms with E-state index in [0.29, 0.717) is 5.56 Å². The molecule has 6 heteroatoms. The van der Waals surface area contributed by atoms with Crippen LogP contribution in [0.4, 0.5) is 5.95 Å². The third kappa shape index (κ3) is 2.62. The SMILES string of the molecule is Cc1cc2c(-c3ccccc3C#N)nc(N3CCNCC3)nc2s1. The molecule has 0 atom stereocenters. The quantitative estimate of drug-likeness (QED) is 0.780. The molecular weight excluding hydrogens is 318 g/mol. The van der Waals surface area contributed by atoms with Gasteiger partial charge in [0.2, 0.25) is 5.95 Å². The Morgan fingerprint density at radius 1 is 1.21 bits per heavy atom. The van der Waals surface area contributed by atoms with E-state index in [2.05, 4.69) is 29.3 Å². The third-order valence-electron chi connectivity index (χ3n) is 4.21. The second kappa shape index (κ2) is 6.19. The molecule has 0 radical (unpaired) electrons. The first-order valence-corrected chi connectivity index (χ1v) is 8.81. The van der Waals surface area contributed by atoms with E-state index in [1.165, 1.54) is 4.88 Å². The number of rotatable bonds is 2. The summed E-state index contributed by atoms with van der Waals surface area (Å²) in [5.74, 6) is 0.758. The Kier molecular flexibility index (Phi) is 3.89. The summed E-state index contributed by atoms with van der Waals surface area (Å²) in [7, 11) is 0. The van der Waals surface area contributed by atoms with Gasteiger partial charge in [0.1, 0.15) is 4.83 Å². The fourth-order valence-electron chi connectivity index (χ4n) is 3.03. The second-order valence-corrected chi connectivity index (χ2v) is 7.08. The molecule has 120 valence electrons. The molecule has 3 aromatic rings. The van der Waals surface area contributed by atoms with E-state index in [1.807, 2.05) is 24.3 Å². The summed E-state index contributed by atoms with van der Waals surface area (Å²) >= 11 is 1.68. The first kappa shape index (κ1) is 15.1. The molecule has 1 saturated heterocycles. The highest BCUT2D eigenvalue weighted by molar-refractivity contribution is 7.18. The van der Waals surface area contributed by atoms with Gasteiger partial charge >= 0.3 is 0 Å². The van der Waals surface area contributed by atoms with Crippen molar-refractivity contribution in [3.05, 3.63) is 40.8 Å². The zero-order valence-electron chi connectivity index (χ0n) is 13.4. The van der Waals surface area contributed by atoms with Gasteiger partial charge in [-0.05, 0) is 19.1 Å². The molecule has 1 N–H and O–H groups in total. The summed E-state index contributed by atoms with van der Waals surface area (Å²) in [5.41, 5.74) is 2.38. The maximum absolute atomic E-state index is 9.47. The van der Waals surface area contributed by atoms with Gasteiger partial charge < -0.3 is 10.2 Å². The number of aromatic nitrogens is 2. The number of hydrogen-bond acceptors (Lipinski definition) is 6. The molecule has 0 saturated carbocycles. The molecule has 5 nitrogen and oxygen atoms in total. The maximum atomic E-state index is 9.47. The van der Waals surface area contributed by atoms with Crippen LogP contribution in [0.15, 0.2) is 30.3 Å². The normalized spacial score (nSPS) is 14.8. The first-order chi connectivity index (χ1) is 11.8. The Morgan fingerprint density at radius 3 is 2.79 bits per heavy atom. The summed E-state index contributed by atoms with van der Waals surface area (Å²) in [6.07, 6.45) is 0. The van der Waals surface area contributed by atoms with E-state index in [-0.39, 0.29) is 0 Å². The second-order valence-electron chi connectivity index (χ2n) is 5.84. The summed E-state index contributed by atoms with van der Waals surface area (Å²) in [4.78, 5) is 14.0. The smallest absolute Gasteiger partial charge is 0.227 e. The van der Waals surface area contributed by atoms with Crippen molar-refractivity contribution in [3.63, 3.8) is 0 Å². The van der Waals surface area contributed by atoms with E-state index < -0.39 is 0 Å². The van der Waals surface area contributed by atoms with Gasteiger partial charge in [-0.15, -0.1) is 11.3 Å². The topological polar surface area (TPSA) is 64.8 Å². The Balaban J connectivity index is 1.94. The minimum atomic E-state index is 0.646. The number of fused-ring (bicyclic) bond motifs is 1. The summed E-state index contributed by atoms with van der Waals surface area (Å²) in [6, 6.07) is 12.0. The van der Waals surface area contributed by atoms with E-state index >= 15 is 0 Å². The lowest BCUT2D eigenvalue weighted by Gasteiger charge is -2.27. The van der Waals surface area contributed by atoms with Crippen LogP contribution in [0.25, 0.3) is 21.5 Å². The molecule has 3 heterocycles. The van der Waals surface area contributed by atoms with Crippen molar-refractivity contribution >= 4 is 27.5 Å². The van der Waals surface area contributed by atoms with Crippen molar-refractivity contribution in [1.82, 2.24) is 15.3 Å². The van der Waals surface area contributed by atoms with Crippen LogP contribution < -0.4 is 10.2 Å². The van der Waals surface area contributed by atoms with Crippen LogP contribution in [0.3, 0.4) is 0 Å². The lowest BCUT2D eigenvalue weighted by molar-refractivity contribution is 0.581. The molecule has 2 aromatic heterocycles. The predicted molar refractivity (Wildman–Crippen MR) is 97.4 cm³/mol. The molecule has 1 aliphatic rings. The van der Waals surface area contributed by atoms with Crippen molar-refractivity contribution in [1.29, 1.82) is 5.26 Å². The number of anilines is 1. The van der Waals surface area contributed by atoms with Crippen LogP contribution in [0.2, 0.25) is 0 Å². The average Bonchev–Trinajstić information content (AvgIpc) is 3.01. The van der Waals surface area contributed by atoms with Crippen LogP contribution in [0, 0.1) is 18.3 Å². The minimum absolute atomic E-state index is 0.646. The molecule has 0 unspecified atom stereocenters. The van der Waals surface area contributed by atoms with Gasteiger partial charge in [0.15, 0.2) is 0 Å². The number of benzene rings is 1. The Bertz CT molecular complexity index is 934. The maximum Gasteiger partial charge on any atom is 0.227 e. The molecular formula is C18H17N5S. The van der Waals surface area contributed by atoms with E-state index in [9.17, 15) is 5.26 Å². The monoisotopic (exact) mass is 335 g/mol. The Hall–Kier alpha value is -2.49. The van der Waals surface area contributed by atoms with E-state index in [0.717, 1.165) is 53.6 Å². The molecule has 1 aromatic carbocycles. The molecule has 0 spiro atoms. The molecule has 24 heavy (non-hydrogen) atoms. The zero-order chi connectivity index (χ0) is 16.5.